The molecule has 0 N–H and O–H groups in total. The summed E-state index contributed by atoms with van der Waals surface area (Å²) in [4.78, 5) is 5.57. The van der Waals surface area contributed by atoms with E-state index < -0.39 is 0 Å². The first-order valence-corrected chi connectivity index (χ1v) is 10.7. The molecular formula is C21H15ClFN3S2. The van der Waals surface area contributed by atoms with E-state index in [1.54, 1.807) is 23.9 Å². The van der Waals surface area contributed by atoms with Gasteiger partial charge in [0, 0.05) is 16.3 Å². The van der Waals surface area contributed by atoms with Gasteiger partial charge in [-0.1, -0.05) is 35.5 Å². The molecule has 4 aromatic rings. The van der Waals surface area contributed by atoms with E-state index in [-0.39, 0.29) is 5.82 Å². The number of thioether (sulfide) groups is 1. The fourth-order valence-corrected chi connectivity index (χ4v) is 4.66. The lowest BCUT2D eigenvalue weighted by Crippen LogP contribution is -1.90. The Labute approximate surface area is 175 Å². The van der Waals surface area contributed by atoms with E-state index in [4.69, 9.17) is 11.6 Å². The third kappa shape index (κ3) is 4.41. The molecule has 7 heteroatoms. The van der Waals surface area contributed by atoms with Crippen LogP contribution < -0.4 is 0 Å². The quantitative estimate of drug-likeness (QED) is 0.334. The normalized spacial score (nSPS) is 11.0. The van der Waals surface area contributed by atoms with Crippen molar-refractivity contribution in [3.05, 3.63) is 82.8 Å². The highest BCUT2D eigenvalue weighted by atomic mass is 35.5. The van der Waals surface area contributed by atoms with Gasteiger partial charge >= 0.3 is 0 Å². The molecule has 0 atom stereocenters. The van der Waals surface area contributed by atoms with Gasteiger partial charge < -0.3 is 0 Å². The van der Waals surface area contributed by atoms with Crippen LogP contribution in [0.25, 0.3) is 21.1 Å². The molecule has 140 valence electrons. The van der Waals surface area contributed by atoms with Gasteiger partial charge in [0.2, 0.25) is 0 Å². The number of benzene rings is 2. The van der Waals surface area contributed by atoms with Crippen molar-refractivity contribution in [2.24, 2.45) is 0 Å². The van der Waals surface area contributed by atoms with Gasteiger partial charge in [0.15, 0.2) is 0 Å². The fraction of sp³-hybridized carbons (Fsp3) is 0.0952. The van der Waals surface area contributed by atoms with Crippen molar-refractivity contribution in [1.82, 2.24) is 15.2 Å². The highest BCUT2D eigenvalue weighted by molar-refractivity contribution is 7.98. The number of thiazole rings is 1. The maximum Gasteiger partial charge on any atom is 0.124 e. The number of rotatable bonds is 5. The Bertz CT molecular complexity index is 1100. The molecule has 0 saturated carbocycles. The molecule has 4 rings (SSSR count). The Balaban J connectivity index is 1.50. The van der Waals surface area contributed by atoms with Gasteiger partial charge in [0.25, 0.3) is 0 Å². The van der Waals surface area contributed by atoms with E-state index >= 15 is 0 Å². The monoisotopic (exact) mass is 427 g/mol. The lowest BCUT2D eigenvalue weighted by atomic mass is 10.2. The number of halogens is 2. The molecule has 0 amide bonds. The van der Waals surface area contributed by atoms with E-state index in [1.165, 1.54) is 23.5 Å². The van der Waals surface area contributed by atoms with Crippen LogP contribution in [0.2, 0.25) is 5.02 Å². The van der Waals surface area contributed by atoms with Crippen molar-refractivity contribution in [3.63, 3.8) is 0 Å². The standard InChI is InChI=1S/C21H15ClFN3S2/c1-13-20(28-21(24-13)15-5-7-17(23)8-6-15)18-9-10-19(26-25-18)27-12-14-3-2-4-16(22)11-14/h2-11H,12H2,1H3. The first-order chi connectivity index (χ1) is 13.6. The van der Waals surface area contributed by atoms with E-state index in [2.05, 4.69) is 15.2 Å². The zero-order chi connectivity index (χ0) is 19.5. The second-order valence-corrected chi connectivity index (χ2v) is 8.55. The molecule has 0 saturated heterocycles. The summed E-state index contributed by atoms with van der Waals surface area (Å²) in [7, 11) is 0. The molecule has 28 heavy (non-hydrogen) atoms. The van der Waals surface area contributed by atoms with Gasteiger partial charge in [-0.15, -0.1) is 21.5 Å². The number of aryl methyl sites for hydroxylation is 1. The average Bonchev–Trinajstić information content (AvgIpc) is 3.09. The van der Waals surface area contributed by atoms with Gasteiger partial charge in [0.1, 0.15) is 21.5 Å². The first-order valence-electron chi connectivity index (χ1n) is 8.53. The van der Waals surface area contributed by atoms with Crippen molar-refractivity contribution in [1.29, 1.82) is 0 Å². The summed E-state index contributed by atoms with van der Waals surface area (Å²) >= 11 is 9.17. The van der Waals surface area contributed by atoms with Crippen LogP contribution in [0.1, 0.15) is 11.3 Å². The van der Waals surface area contributed by atoms with Gasteiger partial charge in [0.05, 0.1) is 10.6 Å². The van der Waals surface area contributed by atoms with Crippen LogP contribution in [0.5, 0.6) is 0 Å². The summed E-state index contributed by atoms with van der Waals surface area (Å²) in [5.41, 5.74) is 3.71. The van der Waals surface area contributed by atoms with Gasteiger partial charge in [-0.2, -0.15) is 0 Å². The number of nitrogens with zero attached hydrogens (tertiary/aromatic N) is 3. The number of hydrogen-bond acceptors (Lipinski definition) is 5. The summed E-state index contributed by atoms with van der Waals surface area (Å²) in [5, 5.41) is 11.1. The Kier molecular flexibility index (Phi) is 5.71. The van der Waals surface area contributed by atoms with Crippen LogP contribution in [0.15, 0.2) is 65.7 Å². The van der Waals surface area contributed by atoms with Gasteiger partial charge in [-0.3, -0.25) is 0 Å². The number of hydrogen-bond donors (Lipinski definition) is 0. The Hall–Kier alpha value is -2.28. The van der Waals surface area contributed by atoms with Crippen molar-refractivity contribution >= 4 is 34.7 Å². The summed E-state index contributed by atoms with van der Waals surface area (Å²) in [6.45, 7) is 1.95. The Morgan fingerprint density at radius 3 is 2.57 bits per heavy atom. The third-order valence-corrected chi connectivity index (χ3v) is 6.49. The van der Waals surface area contributed by atoms with E-state index in [0.717, 1.165) is 48.2 Å². The van der Waals surface area contributed by atoms with Crippen LogP contribution >= 0.6 is 34.7 Å². The van der Waals surface area contributed by atoms with Gasteiger partial charge in [-0.25, -0.2) is 9.37 Å². The minimum Gasteiger partial charge on any atom is -0.241 e. The zero-order valence-electron chi connectivity index (χ0n) is 14.9. The summed E-state index contributed by atoms with van der Waals surface area (Å²) in [6, 6.07) is 18.1. The largest absolute Gasteiger partial charge is 0.241 e. The van der Waals surface area contributed by atoms with Crippen molar-refractivity contribution in [3.8, 4) is 21.1 Å². The molecule has 0 aliphatic carbocycles. The molecule has 3 nitrogen and oxygen atoms in total. The molecule has 0 radical (unpaired) electrons. The minimum atomic E-state index is -0.256. The zero-order valence-corrected chi connectivity index (χ0v) is 17.3. The molecule has 0 aliphatic rings. The maximum atomic E-state index is 13.1. The number of aromatic nitrogens is 3. The van der Waals surface area contributed by atoms with Crippen molar-refractivity contribution in [2.75, 3.05) is 0 Å². The SMILES string of the molecule is Cc1nc(-c2ccc(F)cc2)sc1-c1ccc(SCc2cccc(Cl)c2)nn1. The molecule has 0 bridgehead atoms. The highest BCUT2D eigenvalue weighted by Gasteiger charge is 2.13. The van der Waals surface area contributed by atoms with Crippen LogP contribution in [0, 0.1) is 12.7 Å². The molecular weight excluding hydrogens is 413 g/mol. The summed E-state index contributed by atoms with van der Waals surface area (Å²) in [6.07, 6.45) is 0. The average molecular weight is 428 g/mol. The molecule has 2 aromatic carbocycles. The lowest BCUT2D eigenvalue weighted by Gasteiger charge is -2.02. The van der Waals surface area contributed by atoms with Crippen LogP contribution in [-0.4, -0.2) is 15.2 Å². The fourth-order valence-electron chi connectivity index (χ4n) is 2.65. The molecule has 0 unspecified atom stereocenters. The second kappa shape index (κ2) is 8.39. The van der Waals surface area contributed by atoms with Crippen LogP contribution in [0.4, 0.5) is 4.39 Å². The molecule has 0 aliphatic heterocycles. The van der Waals surface area contributed by atoms with E-state index in [9.17, 15) is 4.39 Å². The highest BCUT2D eigenvalue weighted by Crippen LogP contribution is 2.34. The van der Waals surface area contributed by atoms with E-state index in [1.807, 2.05) is 43.3 Å². The first kappa shape index (κ1) is 19.1. The minimum absolute atomic E-state index is 0.256. The van der Waals surface area contributed by atoms with Crippen LogP contribution in [0.3, 0.4) is 0 Å². The van der Waals surface area contributed by atoms with Crippen LogP contribution in [-0.2, 0) is 5.75 Å². The molecule has 2 heterocycles. The lowest BCUT2D eigenvalue weighted by molar-refractivity contribution is 0.628. The predicted molar refractivity (Wildman–Crippen MR) is 114 cm³/mol. The summed E-state index contributed by atoms with van der Waals surface area (Å²) in [5.74, 6) is 0.525. The third-order valence-electron chi connectivity index (χ3n) is 4.04. The maximum absolute atomic E-state index is 13.1. The predicted octanol–water partition coefficient (Wildman–Crippen LogP) is 6.66. The second-order valence-electron chi connectivity index (χ2n) is 6.12. The molecule has 2 aromatic heterocycles. The topological polar surface area (TPSA) is 38.7 Å². The van der Waals surface area contributed by atoms with Crippen molar-refractivity contribution in [2.45, 2.75) is 17.7 Å². The summed E-state index contributed by atoms with van der Waals surface area (Å²) < 4.78 is 13.1. The Morgan fingerprint density at radius 1 is 1.04 bits per heavy atom. The molecule has 0 spiro atoms. The van der Waals surface area contributed by atoms with E-state index in [0.29, 0.717) is 0 Å². The van der Waals surface area contributed by atoms with Gasteiger partial charge in [-0.05, 0) is 61.0 Å². The smallest absolute Gasteiger partial charge is 0.124 e. The Morgan fingerprint density at radius 2 is 1.86 bits per heavy atom. The van der Waals surface area contributed by atoms with Crippen molar-refractivity contribution < 1.29 is 4.39 Å². The molecule has 0 fully saturated rings.